The first-order valence-corrected chi connectivity index (χ1v) is 13.5. The van der Waals surface area contributed by atoms with Crippen molar-refractivity contribution in [3.63, 3.8) is 0 Å². The summed E-state index contributed by atoms with van der Waals surface area (Å²) < 4.78 is 11.3. The first-order valence-electron chi connectivity index (χ1n) is 13.5. The molecule has 0 spiro atoms. The number of allylic oxidation sites excluding steroid dienone is 1. The summed E-state index contributed by atoms with van der Waals surface area (Å²) in [4.78, 5) is 24.4. The summed E-state index contributed by atoms with van der Waals surface area (Å²) in [5.74, 6) is -2.11. The zero-order chi connectivity index (χ0) is 27.1. The number of fused-ring (bicyclic) bond motifs is 4. The molecule has 0 aromatic heterocycles. The first-order chi connectivity index (χ1) is 17.1. The molecule has 0 radical (unpaired) electrons. The van der Waals surface area contributed by atoms with Crippen molar-refractivity contribution in [2.75, 3.05) is 0 Å². The molecule has 37 heavy (non-hydrogen) atoms. The molecule has 0 bridgehead atoms. The molecule has 5 rings (SSSR count). The maximum Gasteiger partial charge on any atom is 0.333 e. The highest BCUT2D eigenvalue weighted by atomic mass is 16.6. The minimum absolute atomic E-state index is 0.193. The van der Waals surface area contributed by atoms with Crippen molar-refractivity contribution in [3.8, 4) is 0 Å². The molecule has 2 fully saturated rings. The zero-order valence-corrected chi connectivity index (χ0v) is 22.5. The van der Waals surface area contributed by atoms with E-state index in [9.17, 15) is 24.9 Å². The van der Waals surface area contributed by atoms with Gasteiger partial charge in [-0.25, -0.2) is 9.59 Å². The summed E-state index contributed by atoms with van der Waals surface area (Å²) in [5.41, 5.74) is -1.88. The second-order valence-electron chi connectivity index (χ2n) is 12.9. The summed E-state index contributed by atoms with van der Waals surface area (Å²) in [7, 11) is 0. The molecule has 7 heteroatoms. The summed E-state index contributed by atoms with van der Waals surface area (Å²) in [6, 6.07) is 0. The van der Waals surface area contributed by atoms with Crippen molar-refractivity contribution >= 4 is 11.9 Å². The lowest BCUT2D eigenvalue weighted by atomic mass is 9.55. The van der Waals surface area contributed by atoms with Crippen LogP contribution < -0.4 is 0 Å². The van der Waals surface area contributed by atoms with Gasteiger partial charge in [-0.05, 0) is 80.9 Å². The summed E-state index contributed by atoms with van der Waals surface area (Å²) >= 11 is 0. The first kappa shape index (κ1) is 26.4. The fourth-order valence-corrected chi connectivity index (χ4v) is 8.25. The second kappa shape index (κ2) is 8.39. The molecule has 2 aliphatic heterocycles. The summed E-state index contributed by atoms with van der Waals surface area (Å²) in [5, 5.41) is 35.6. The van der Waals surface area contributed by atoms with Crippen molar-refractivity contribution in [1.29, 1.82) is 0 Å². The highest BCUT2D eigenvalue weighted by molar-refractivity contribution is 5.88. The average Bonchev–Trinajstić information content (AvgIpc) is 2.89. The second-order valence-corrected chi connectivity index (χ2v) is 12.9. The molecule has 0 saturated heterocycles. The number of cyclic esters (lactones) is 2. The van der Waals surface area contributed by atoms with Gasteiger partial charge in [0.25, 0.3) is 0 Å². The van der Waals surface area contributed by atoms with Crippen molar-refractivity contribution in [3.05, 3.63) is 47.6 Å². The van der Waals surface area contributed by atoms with E-state index in [0.29, 0.717) is 48.8 Å². The van der Waals surface area contributed by atoms with Gasteiger partial charge in [0.05, 0.1) is 17.3 Å². The van der Waals surface area contributed by atoms with Gasteiger partial charge in [-0.3, -0.25) is 0 Å². The molecule has 3 aliphatic carbocycles. The molecular formula is C30H40O7. The Balaban J connectivity index is 1.49. The van der Waals surface area contributed by atoms with Crippen LogP contribution in [0.15, 0.2) is 47.6 Å². The van der Waals surface area contributed by atoms with Crippen LogP contribution in [0.1, 0.15) is 66.7 Å². The Morgan fingerprint density at radius 1 is 1.14 bits per heavy atom. The van der Waals surface area contributed by atoms with Crippen molar-refractivity contribution in [2.45, 2.75) is 95.7 Å². The van der Waals surface area contributed by atoms with Crippen molar-refractivity contribution < 1.29 is 34.4 Å². The average molecular weight is 513 g/mol. The van der Waals surface area contributed by atoms with Crippen LogP contribution in [0.5, 0.6) is 0 Å². The van der Waals surface area contributed by atoms with Gasteiger partial charge in [0.2, 0.25) is 0 Å². The van der Waals surface area contributed by atoms with Gasteiger partial charge in [-0.2, -0.15) is 0 Å². The van der Waals surface area contributed by atoms with Gasteiger partial charge in [0.1, 0.15) is 11.7 Å². The van der Waals surface area contributed by atoms with E-state index in [1.165, 1.54) is 6.08 Å². The third-order valence-corrected chi connectivity index (χ3v) is 10.5. The Labute approximate surface area is 218 Å². The molecule has 2 heterocycles. The van der Waals surface area contributed by atoms with Crippen molar-refractivity contribution in [1.82, 2.24) is 0 Å². The molecular weight excluding hydrogens is 472 g/mol. The fourth-order valence-electron chi connectivity index (χ4n) is 8.25. The largest absolute Gasteiger partial charge is 0.458 e. The number of carbonyl (C=O) groups excluding carboxylic acids is 2. The smallest absolute Gasteiger partial charge is 0.333 e. The monoisotopic (exact) mass is 512 g/mol. The number of rotatable bonds is 2. The predicted molar refractivity (Wildman–Crippen MR) is 137 cm³/mol. The quantitative estimate of drug-likeness (QED) is 0.383. The van der Waals surface area contributed by atoms with E-state index >= 15 is 0 Å². The molecule has 0 amide bonds. The van der Waals surface area contributed by atoms with Crippen LogP contribution >= 0.6 is 0 Å². The molecule has 0 unspecified atom stereocenters. The Hall–Kier alpha value is -2.22. The number of ether oxygens (including phenoxy) is 2. The maximum atomic E-state index is 12.2. The Morgan fingerprint density at radius 2 is 1.84 bits per heavy atom. The van der Waals surface area contributed by atoms with E-state index in [1.54, 1.807) is 26.8 Å². The van der Waals surface area contributed by atoms with Crippen LogP contribution in [0.4, 0.5) is 0 Å². The van der Waals surface area contributed by atoms with E-state index in [0.717, 1.165) is 0 Å². The van der Waals surface area contributed by atoms with E-state index < -0.39 is 46.3 Å². The number of aliphatic hydroxyl groups is 3. The van der Waals surface area contributed by atoms with Crippen LogP contribution in [0.25, 0.3) is 0 Å². The highest BCUT2D eigenvalue weighted by Gasteiger charge is 2.66. The lowest BCUT2D eigenvalue weighted by Gasteiger charge is -2.52. The predicted octanol–water partition coefficient (Wildman–Crippen LogP) is 3.54. The van der Waals surface area contributed by atoms with E-state index in [2.05, 4.69) is 13.5 Å². The molecule has 0 aromatic carbocycles. The molecule has 2 saturated carbocycles. The number of carbonyl (C=O) groups is 2. The van der Waals surface area contributed by atoms with Crippen LogP contribution in [0.2, 0.25) is 0 Å². The van der Waals surface area contributed by atoms with E-state index in [-0.39, 0.29) is 23.7 Å². The van der Waals surface area contributed by atoms with E-state index in [1.807, 2.05) is 19.1 Å². The summed E-state index contributed by atoms with van der Waals surface area (Å²) in [6.07, 6.45) is 7.75. The fraction of sp³-hybridized carbons (Fsp3) is 0.667. The van der Waals surface area contributed by atoms with Crippen LogP contribution in [-0.4, -0.2) is 56.3 Å². The lowest BCUT2D eigenvalue weighted by Crippen LogP contribution is -2.53. The van der Waals surface area contributed by atoms with Gasteiger partial charge in [-0.15, -0.1) is 0 Å². The number of hydrogen-bond donors (Lipinski definition) is 3. The molecule has 0 aromatic rings. The van der Waals surface area contributed by atoms with E-state index in [4.69, 9.17) is 9.47 Å². The molecule has 3 N–H and O–H groups in total. The number of aliphatic hydroxyl groups excluding tert-OH is 1. The zero-order valence-electron chi connectivity index (χ0n) is 22.5. The highest BCUT2D eigenvalue weighted by Crippen LogP contribution is 2.66. The van der Waals surface area contributed by atoms with Crippen LogP contribution in [-0.2, 0) is 19.1 Å². The third-order valence-electron chi connectivity index (χ3n) is 10.5. The van der Waals surface area contributed by atoms with Gasteiger partial charge in [0.15, 0.2) is 0 Å². The lowest BCUT2D eigenvalue weighted by molar-refractivity contribution is -0.157. The third kappa shape index (κ3) is 3.88. The summed E-state index contributed by atoms with van der Waals surface area (Å²) in [6.45, 7) is 13.8. The van der Waals surface area contributed by atoms with Gasteiger partial charge in [0, 0.05) is 29.9 Å². The minimum atomic E-state index is -1.24. The topological polar surface area (TPSA) is 113 Å². The van der Waals surface area contributed by atoms with Crippen LogP contribution in [0, 0.1) is 29.1 Å². The Bertz CT molecular complexity index is 1130. The molecule has 9 atom stereocenters. The Kier molecular flexibility index (Phi) is 5.98. The standard InChI is InChI=1S/C30H40O7/c1-16-7-9-22(36-26(16)33)18(3)30(35)12-11-28(6)20(17(30)2)15-29(34)14-19-8-10-24(32)37-27(4,5)25(19)21(31)13-23(28)29/h7-8,10,14,18,20-23,25,31,34-35H,2,9,11-13,15H2,1,3-6H3/t18-,20+,21-,22-,23+,25+,28-,29-,30+/m1/s1. The molecule has 5 aliphatic rings. The minimum Gasteiger partial charge on any atom is -0.458 e. The number of hydrogen-bond acceptors (Lipinski definition) is 7. The SMILES string of the molecule is C=C1[C@@H]2C[C@]3(O)C=C4C=CC(=O)OC(C)(C)[C@@H]4[C@H](O)C[C@H]3[C@]2(C)CC[C@@]1(O)[C@H](C)[C@H]1CC=C(C)C(=O)O1. The van der Waals surface area contributed by atoms with Crippen molar-refractivity contribution in [2.24, 2.45) is 29.1 Å². The molecule has 202 valence electrons. The normalized spacial score (nSPS) is 45.7. The Morgan fingerprint density at radius 3 is 2.51 bits per heavy atom. The maximum absolute atomic E-state index is 12.2. The van der Waals surface area contributed by atoms with Gasteiger partial charge < -0.3 is 24.8 Å². The molecule has 7 nitrogen and oxygen atoms in total. The van der Waals surface area contributed by atoms with Gasteiger partial charge >= 0.3 is 11.9 Å². The van der Waals surface area contributed by atoms with Gasteiger partial charge in [-0.1, -0.05) is 32.6 Å². The number of esters is 2. The van der Waals surface area contributed by atoms with Crippen LogP contribution in [0.3, 0.4) is 0 Å².